The van der Waals surface area contributed by atoms with Crippen molar-refractivity contribution in [2.24, 2.45) is 0 Å². The lowest BCUT2D eigenvalue weighted by Crippen LogP contribution is -2.22. The fraction of sp³-hybridized carbons (Fsp3) is 0.133. The molecule has 0 radical (unpaired) electrons. The summed E-state index contributed by atoms with van der Waals surface area (Å²) in [6.07, 6.45) is -4.56. The molecule has 0 aliphatic heterocycles. The number of rotatable bonds is 4. The summed E-state index contributed by atoms with van der Waals surface area (Å²) in [7, 11) is 1.35. The topological polar surface area (TPSA) is 76.4 Å². The number of methoxy groups -OCH3 is 1. The first-order valence-corrected chi connectivity index (χ1v) is 7.20. The Morgan fingerprint density at radius 3 is 2.40 bits per heavy atom. The molecule has 2 N–H and O–H groups in total. The van der Waals surface area contributed by atoms with E-state index in [4.69, 9.17) is 17.0 Å². The minimum absolute atomic E-state index is 0.0211. The van der Waals surface area contributed by atoms with E-state index in [2.05, 4.69) is 10.6 Å². The molecule has 0 heterocycles. The molecule has 0 bridgehead atoms. The van der Waals surface area contributed by atoms with Crippen LogP contribution in [0.2, 0.25) is 0 Å². The Bertz CT molecular complexity index is 812. The first-order valence-electron chi connectivity index (χ1n) is 6.79. The highest BCUT2D eigenvalue weighted by Crippen LogP contribution is 2.35. The van der Waals surface area contributed by atoms with Gasteiger partial charge < -0.3 is 15.4 Å². The molecule has 2 rings (SSSR count). The lowest BCUT2D eigenvalue weighted by molar-refractivity contribution is -0.384. The molecule has 6 nitrogen and oxygen atoms in total. The van der Waals surface area contributed by atoms with Crippen LogP contribution in [0.25, 0.3) is 0 Å². The summed E-state index contributed by atoms with van der Waals surface area (Å²) in [5, 5.41) is 15.8. The summed E-state index contributed by atoms with van der Waals surface area (Å²) in [6, 6.07) is 8.76. The number of ether oxygens (including phenoxy) is 1. The number of halogens is 3. The van der Waals surface area contributed by atoms with Crippen molar-refractivity contribution in [1.29, 1.82) is 0 Å². The molecule has 0 aromatic heterocycles. The Morgan fingerprint density at radius 2 is 1.80 bits per heavy atom. The van der Waals surface area contributed by atoms with Crippen molar-refractivity contribution in [2.75, 3.05) is 17.7 Å². The summed E-state index contributed by atoms with van der Waals surface area (Å²) >= 11 is 4.96. The molecular weight excluding hydrogens is 359 g/mol. The van der Waals surface area contributed by atoms with Gasteiger partial charge in [0.15, 0.2) is 5.11 Å². The highest BCUT2D eigenvalue weighted by atomic mass is 32.1. The first-order chi connectivity index (χ1) is 11.7. The van der Waals surface area contributed by atoms with Crippen molar-refractivity contribution >= 4 is 34.4 Å². The normalized spacial score (nSPS) is 10.9. The number of para-hydroxylation sites is 1. The Labute approximate surface area is 145 Å². The molecule has 0 amide bonds. The molecule has 0 unspecified atom stereocenters. The SMILES string of the molecule is COc1ccc(NC(=S)Nc2ccccc2C(F)(F)F)c([N+](=O)[O-])c1. The van der Waals surface area contributed by atoms with E-state index in [0.717, 1.165) is 6.07 Å². The minimum atomic E-state index is -4.56. The van der Waals surface area contributed by atoms with Crippen molar-refractivity contribution in [3.05, 3.63) is 58.1 Å². The van der Waals surface area contributed by atoms with Crippen LogP contribution in [0.15, 0.2) is 42.5 Å². The Kier molecular flexibility index (Phi) is 5.42. The third kappa shape index (κ3) is 4.57. The molecular formula is C15H12F3N3O3S. The summed E-state index contributed by atoms with van der Waals surface area (Å²) in [4.78, 5) is 10.5. The smallest absolute Gasteiger partial charge is 0.418 e. The number of alkyl halides is 3. The molecule has 2 aromatic carbocycles. The maximum absolute atomic E-state index is 13.0. The van der Waals surface area contributed by atoms with Crippen LogP contribution in [0, 0.1) is 10.1 Å². The van der Waals surface area contributed by atoms with Gasteiger partial charge in [0.1, 0.15) is 11.4 Å². The van der Waals surface area contributed by atoms with E-state index < -0.39 is 16.7 Å². The average Bonchev–Trinajstić information content (AvgIpc) is 2.54. The Morgan fingerprint density at radius 1 is 1.16 bits per heavy atom. The quantitative estimate of drug-likeness (QED) is 0.470. The summed E-state index contributed by atoms with van der Waals surface area (Å²) in [5.41, 5.74) is -1.47. The summed E-state index contributed by atoms with van der Waals surface area (Å²) < 4.78 is 43.8. The van der Waals surface area contributed by atoms with Crippen LogP contribution in [0.3, 0.4) is 0 Å². The van der Waals surface area contributed by atoms with Crippen LogP contribution in [0.5, 0.6) is 5.75 Å². The minimum Gasteiger partial charge on any atom is -0.496 e. The van der Waals surface area contributed by atoms with Crippen molar-refractivity contribution in [3.8, 4) is 5.75 Å². The van der Waals surface area contributed by atoms with Gasteiger partial charge in [-0.05, 0) is 36.5 Å². The predicted octanol–water partition coefficient (Wildman–Crippen LogP) is 4.43. The second-order valence-electron chi connectivity index (χ2n) is 4.76. The number of nitro benzene ring substituents is 1. The number of anilines is 2. The van der Waals surface area contributed by atoms with Gasteiger partial charge in [-0.3, -0.25) is 10.1 Å². The first kappa shape index (κ1) is 18.5. The molecule has 10 heteroatoms. The second kappa shape index (κ2) is 7.34. The van der Waals surface area contributed by atoms with E-state index in [1.807, 2.05) is 0 Å². The maximum Gasteiger partial charge on any atom is 0.418 e. The zero-order valence-electron chi connectivity index (χ0n) is 12.8. The molecule has 2 aromatic rings. The molecule has 0 fully saturated rings. The molecule has 0 atom stereocenters. The second-order valence-corrected chi connectivity index (χ2v) is 5.17. The van der Waals surface area contributed by atoms with Gasteiger partial charge in [0.25, 0.3) is 5.69 Å². The van der Waals surface area contributed by atoms with E-state index in [-0.39, 0.29) is 27.9 Å². The number of benzene rings is 2. The zero-order valence-corrected chi connectivity index (χ0v) is 13.6. The van der Waals surface area contributed by atoms with E-state index in [1.54, 1.807) is 0 Å². The third-order valence-corrected chi connectivity index (χ3v) is 3.33. The van der Waals surface area contributed by atoms with Crippen LogP contribution >= 0.6 is 12.2 Å². The van der Waals surface area contributed by atoms with Crippen LogP contribution in [-0.2, 0) is 6.18 Å². The predicted molar refractivity (Wildman–Crippen MR) is 90.9 cm³/mol. The monoisotopic (exact) mass is 371 g/mol. The zero-order chi connectivity index (χ0) is 18.6. The van der Waals surface area contributed by atoms with E-state index >= 15 is 0 Å². The molecule has 0 saturated carbocycles. The maximum atomic E-state index is 13.0. The molecule has 0 saturated heterocycles. The van der Waals surface area contributed by atoms with Crippen molar-refractivity contribution in [2.45, 2.75) is 6.18 Å². The number of hydrogen-bond donors (Lipinski definition) is 2. The van der Waals surface area contributed by atoms with Crippen LogP contribution in [0.4, 0.5) is 30.2 Å². The lowest BCUT2D eigenvalue weighted by Gasteiger charge is -2.16. The number of thiocarbonyl (C=S) groups is 1. The number of nitrogens with one attached hydrogen (secondary N) is 2. The van der Waals surface area contributed by atoms with Crippen LogP contribution < -0.4 is 15.4 Å². The van der Waals surface area contributed by atoms with Gasteiger partial charge in [-0.2, -0.15) is 13.2 Å². The molecule has 0 spiro atoms. The van der Waals surface area contributed by atoms with Crippen LogP contribution in [0.1, 0.15) is 5.56 Å². The Balaban J connectivity index is 2.24. The van der Waals surface area contributed by atoms with Gasteiger partial charge in [-0.1, -0.05) is 12.1 Å². The van der Waals surface area contributed by atoms with Gasteiger partial charge in [0.2, 0.25) is 0 Å². The average molecular weight is 371 g/mol. The molecule has 132 valence electrons. The summed E-state index contributed by atoms with van der Waals surface area (Å²) in [5.74, 6) is 0.263. The van der Waals surface area contributed by atoms with Gasteiger partial charge in [0, 0.05) is 0 Å². The van der Waals surface area contributed by atoms with E-state index in [1.165, 1.54) is 43.5 Å². The van der Waals surface area contributed by atoms with Gasteiger partial charge >= 0.3 is 6.18 Å². The van der Waals surface area contributed by atoms with Gasteiger partial charge in [-0.25, -0.2) is 0 Å². The van der Waals surface area contributed by atoms with E-state index in [9.17, 15) is 23.3 Å². The molecule has 25 heavy (non-hydrogen) atoms. The standard InChI is InChI=1S/C15H12F3N3O3S/c1-24-9-6-7-12(13(8-9)21(22)23)20-14(25)19-11-5-3-2-4-10(11)15(16,17)18/h2-8H,1H3,(H2,19,20,25). The molecule has 0 aliphatic rings. The van der Waals surface area contributed by atoms with Gasteiger partial charge in [0.05, 0.1) is 29.4 Å². The number of nitrogens with zero attached hydrogens (tertiary/aromatic N) is 1. The molecule has 0 aliphatic carbocycles. The van der Waals surface area contributed by atoms with Gasteiger partial charge in [-0.15, -0.1) is 0 Å². The highest BCUT2D eigenvalue weighted by molar-refractivity contribution is 7.80. The Hall–Kier alpha value is -2.88. The largest absolute Gasteiger partial charge is 0.496 e. The van der Waals surface area contributed by atoms with Crippen molar-refractivity contribution < 1.29 is 22.8 Å². The third-order valence-electron chi connectivity index (χ3n) is 3.13. The van der Waals surface area contributed by atoms with Crippen molar-refractivity contribution in [3.63, 3.8) is 0 Å². The van der Waals surface area contributed by atoms with E-state index in [0.29, 0.717) is 0 Å². The summed E-state index contributed by atoms with van der Waals surface area (Å²) in [6.45, 7) is 0. The highest BCUT2D eigenvalue weighted by Gasteiger charge is 2.33. The number of nitro groups is 1. The lowest BCUT2D eigenvalue weighted by atomic mass is 10.1. The fourth-order valence-corrected chi connectivity index (χ4v) is 2.23. The van der Waals surface area contributed by atoms with Crippen molar-refractivity contribution in [1.82, 2.24) is 0 Å². The van der Waals surface area contributed by atoms with Crippen LogP contribution in [-0.4, -0.2) is 17.1 Å². The number of hydrogen-bond acceptors (Lipinski definition) is 4. The fourth-order valence-electron chi connectivity index (χ4n) is 2.01.